The van der Waals surface area contributed by atoms with E-state index in [1.807, 2.05) is 6.07 Å². The summed E-state index contributed by atoms with van der Waals surface area (Å²) in [4.78, 5) is 7.25. The molecule has 2 fully saturated rings. The molecule has 2 heterocycles. The van der Waals surface area contributed by atoms with Crippen molar-refractivity contribution < 1.29 is 5.11 Å². The zero-order valence-corrected chi connectivity index (χ0v) is 11.1. The van der Waals surface area contributed by atoms with Crippen LogP contribution in [0.4, 0.5) is 5.82 Å². The lowest BCUT2D eigenvalue weighted by Crippen LogP contribution is -2.32. The number of anilines is 1. The Morgan fingerprint density at radius 3 is 2.89 bits per heavy atom. The number of pyridine rings is 1. The molecule has 1 saturated carbocycles. The first-order valence-corrected chi connectivity index (χ1v) is 7.17. The fraction of sp³-hybridized carbons (Fsp3) is 0.667. The molecule has 2 atom stereocenters. The molecule has 2 bridgehead atoms. The van der Waals surface area contributed by atoms with Gasteiger partial charge in [0.15, 0.2) is 0 Å². The van der Waals surface area contributed by atoms with Crippen molar-refractivity contribution in [3.05, 3.63) is 23.4 Å². The second kappa shape index (κ2) is 4.88. The van der Waals surface area contributed by atoms with E-state index in [1.54, 1.807) is 0 Å². The van der Waals surface area contributed by atoms with Crippen LogP contribution in [0.1, 0.15) is 43.9 Å². The second-order valence-corrected chi connectivity index (χ2v) is 5.72. The van der Waals surface area contributed by atoms with E-state index in [0.29, 0.717) is 6.04 Å². The molecule has 2 aliphatic rings. The number of aliphatic hydroxyl groups is 1. The molecular weight excluding hydrogens is 224 g/mol. The first kappa shape index (κ1) is 12.0. The van der Waals surface area contributed by atoms with Crippen molar-refractivity contribution in [2.24, 2.45) is 5.92 Å². The highest BCUT2D eigenvalue weighted by Crippen LogP contribution is 2.39. The lowest BCUT2D eigenvalue weighted by atomic mass is 10.1. The van der Waals surface area contributed by atoms with Gasteiger partial charge in [0.1, 0.15) is 5.82 Å². The Morgan fingerprint density at radius 1 is 1.39 bits per heavy atom. The largest absolute Gasteiger partial charge is 0.392 e. The zero-order chi connectivity index (χ0) is 12.5. The number of fused-ring (bicyclic) bond motifs is 2. The molecule has 3 nitrogen and oxygen atoms in total. The van der Waals surface area contributed by atoms with Gasteiger partial charge < -0.3 is 10.0 Å². The van der Waals surface area contributed by atoms with Crippen molar-refractivity contribution >= 4 is 5.82 Å². The first-order valence-electron chi connectivity index (χ1n) is 7.17. The Balaban J connectivity index is 1.88. The van der Waals surface area contributed by atoms with Crippen LogP contribution in [0.15, 0.2) is 12.1 Å². The normalized spacial score (nSPS) is 26.0. The summed E-state index contributed by atoms with van der Waals surface area (Å²) in [6.07, 6.45) is 6.16. The number of hydrogen-bond acceptors (Lipinski definition) is 3. The van der Waals surface area contributed by atoms with Crippen LogP contribution in [0.25, 0.3) is 0 Å². The molecule has 0 aromatic carbocycles. The molecule has 18 heavy (non-hydrogen) atoms. The zero-order valence-electron chi connectivity index (χ0n) is 11.1. The van der Waals surface area contributed by atoms with E-state index in [4.69, 9.17) is 4.98 Å². The van der Waals surface area contributed by atoms with Gasteiger partial charge in [-0.25, -0.2) is 4.98 Å². The number of aliphatic hydroxyl groups excluding tert-OH is 1. The minimum Gasteiger partial charge on any atom is -0.392 e. The Kier molecular flexibility index (Phi) is 3.25. The molecule has 3 rings (SSSR count). The molecule has 98 valence electrons. The Bertz CT molecular complexity index is 433. The molecule has 1 aliphatic heterocycles. The summed E-state index contributed by atoms with van der Waals surface area (Å²) in [6.45, 7) is 3.46. The van der Waals surface area contributed by atoms with Crippen LogP contribution in [-0.2, 0) is 13.0 Å². The van der Waals surface area contributed by atoms with Crippen molar-refractivity contribution in [1.29, 1.82) is 0 Å². The summed E-state index contributed by atoms with van der Waals surface area (Å²) in [5.74, 6) is 1.97. The van der Waals surface area contributed by atoms with Crippen LogP contribution in [0.2, 0.25) is 0 Å². The molecule has 0 spiro atoms. The maximum atomic E-state index is 9.38. The smallest absolute Gasteiger partial charge is 0.129 e. The highest BCUT2D eigenvalue weighted by atomic mass is 16.3. The number of nitrogens with zero attached hydrogens (tertiary/aromatic N) is 2. The summed E-state index contributed by atoms with van der Waals surface area (Å²) >= 11 is 0. The molecule has 1 aliphatic carbocycles. The minimum absolute atomic E-state index is 0.119. The van der Waals surface area contributed by atoms with Crippen LogP contribution in [0.5, 0.6) is 0 Å². The first-order chi connectivity index (χ1) is 8.80. The number of aromatic nitrogens is 1. The number of hydrogen-bond donors (Lipinski definition) is 1. The minimum atomic E-state index is 0.119. The third-order valence-electron chi connectivity index (χ3n) is 4.32. The standard InChI is InChI=1S/C15H22N2O/c1-2-3-13-6-12(10-18)8-15(16-13)17-9-11-4-5-14(17)7-11/h6,8,11,14,18H,2-5,7,9-10H2,1H3. The SMILES string of the molecule is CCCc1cc(CO)cc(N2CC3CCC2C3)n1. The lowest BCUT2D eigenvalue weighted by molar-refractivity contribution is 0.281. The molecule has 3 heteroatoms. The topological polar surface area (TPSA) is 36.4 Å². The predicted molar refractivity (Wildman–Crippen MR) is 72.6 cm³/mol. The number of piperidine rings is 1. The van der Waals surface area contributed by atoms with Crippen LogP contribution < -0.4 is 4.90 Å². The van der Waals surface area contributed by atoms with Crippen molar-refractivity contribution in [3.63, 3.8) is 0 Å². The highest BCUT2D eigenvalue weighted by Gasteiger charge is 2.38. The molecule has 1 aromatic rings. The van der Waals surface area contributed by atoms with Gasteiger partial charge in [-0.2, -0.15) is 0 Å². The van der Waals surface area contributed by atoms with E-state index < -0.39 is 0 Å². The van der Waals surface area contributed by atoms with Crippen molar-refractivity contribution in [2.75, 3.05) is 11.4 Å². The monoisotopic (exact) mass is 246 g/mol. The van der Waals surface area contributed by atoms with Crippen LogP contribution in [-0.4, -0.2) is 22.7 Å². The van der Waals surface area contributed by atoms with E-state index in [9.17, 15) is 5.11 Å². The van der Waals surface area contributed by atoms with Gasteiger partial charge in [-0.15, -0.1) is 0 Å². The van der Waals surface area contributed by atoms with Gasteiger partial charge in [-0.05, 0) is 49.3 Å². The quantitative estimate of drug-likeness (QED) is 0.887. The van der Waals surface area contributed by atoms with E-state index in [-0.39, 0.29) is 6.61 Å². The average Bonchev–Trinajstić information content (AvgIpc) is 3.01. The molecule has 1 N–H and O–H groups in total. The van der Waals surface area contributed by atoms with Gasteiger partial charge in [0.2, 0.25) is 0 Å². The molecule has 1 saturated heterocycles. The maximum absolute atomic E-state index is 9.38. The van der Waals surface area contributed by atoms with Crippen LogP contribution >= 0.6 is 0 Å². The summed E-state index contributed by atoms with van der Waals surface area (Å²) in [7, 11) is 0. The summed E-state index contributed by atoms with van der Waals surface area (Å²) in [5, 5.41) is 9.38. The molecule has 1 aromatic heterocycles. The third-order valence-corrected chi connectivity index (χ3v) is 4.32. The van der Waals surface area contributed by atoms with Gasteiger partial charge in [-0.3, -0.25) is 0 Å². The van der Waals surface area contributed by atoms with E-state index in [0.717, 1.165) is 42.4 Å². The van der Waals surface area contributed by atoms with Gasteiger partial charge in [0, 0.05) is 18.3 Å². The Labute approximate surface area is 109 Å². The third kappa shape index (κ3) is 2.12. The van der Waals surface area contributed by atoms with Crippen molar-refractivity contribution in [3.8, 4) is 0 Å². The van der Waals surface area contributed by atoms with Crippen molar-refractivity contribution in [2.45, 2.75) is 51.7 Å². The van der Waals surface area contributed by atoms with E-state index in [2.05, 4.69) is 17.9 Å². The number of aryl methyl sites for hydroxylation is 1. The van der Waals surface area contributed by atoms with Gasteiger partial charge >= 0.3 is 0 Å². The van der Waals surface area contributed by atoms with E-state index in [1.165, 1.54) is 19.3 Å². The Hall–Kier alpha value is -1.09. The molecule has 0 amide bonds. The fourth-order valence-corrected chi connectivity index (χ4v) is 3.46. The average molecular weight is 246 g/mol. The molecule has 2 unspecified atom stereocenters. The number of rotatable bonds is 4. The molecular formula is C15H22N2O. The van der Waals surface area contributed by atoms with Crippen molar-refractivity contribution in [1.82, 2.24) is 4.98 Å². The van der Waals surface area contributed by atoms with Gasteiger partial charge in [-0.1, -0.05) is 13.3 Å². The lowest BCUT2D eigenvalue weighted by Gasteiger charge is -2.28. The maximum Gasteiger partial charge on any atom is 0.129 e. The van der Waals surface area contributed by atoms with Gasteiger partial charge in [0.25, 0.3) is 0 Å². The molecule has 0 radical (unpaired) electrons. The fourth-order valence-electron chi connectivity index (χ4n) is 3.46. The summed E-state index contributed by atoms with van der Waals surface area (Å²) in [6, 6.07) is 4.81. The highest BCUT2D eigenvalue weighted by molar-refractivity contribution is 5.46. The Morgan fingerprint density at radius 2 is 2.28 bits per heavy atom. The van der Waals surface area contributed by atoms with Crippen LogP contribution in [0, 0.1) is 5.92 Å². The predicted octanol–water partition coefficient (Wildman–Crippen LogP) is 2.52. The van der Waals surface area contributed by atoms with Crippen LogP contribution in [0.3, 0.4) is 0 Å². The summed E-state index contributed by atoms with van der Waals surface area (Å²) < 4.78 is 0. The summed E-state index contributed by atoms with van der Waals surface area (Å²) in [5.41, 5.74) is 2.13. The van der Waals surface area contributed by atoms with Gasteiger partial charge in [0.05, 0.1) is 6.61 Å². The van der Waals surface area contributed by atoms with E-state index >= 15 is 0 Å². The second-order valence-electron chi connectivity index (χ2n) is 5.72.